The summed E-state index contributed by atoms with van der Waals surface area (Å²) in [4.78, 5) is 2.30. The molecule has 1 heteroatoms. The Kier molecular flexibility index (Phi) is 2.34. The Bertz CT molecular complexity index is 386. The molecule has 0 radical (unpaired) electrons. The van der Waals surface area contributed by atoms with Crippen LogP contribution in [-0.4, -0.2) is 11.4 Å². The number of nitrogens with zero attached hydrogens (tertiary/aromatic N) is 1. The van der Waals surface area contributed by atoms with Crippen molar-refractivity contribution in [2.75, 3.05) is 6.54 Å². The highest BCUT2D eigenvalue weighted by molar-refractivity contribution is 5.46. The molecule has 1 nitrogen and oxygen atoms in total. The van der Waals surface area contributed by atoms with Crippen LogP contribution in [0.1, 0.15) is 27.7 Å². The lowest BCUT2D eigenvalue weighted by molar-refractivity contribution is 0.462. The molecule has 2 aliphatic heterocycles. The van der Waals surface area contributed by atoms with Crippen LogP contribution in [0.4, 0.5) is 0 Å². The predicted molar refractivity (Wildman–Crippen MR) is 65.2 cm³/mol. The molecule has 2 rings (SSSR count). The zero-order valence-corrected chi connectivity index (χ0v) is 10.0. The molecule has 0 amide bonds. The summed E-state index contributed by atoms with van der Waals surface area (Å²) in [6.45, 7) is 10.1. The minimum Gasteiger partial charge on any atom is -0.344 e. The van der Waals surface area contributed by atoms with Gasteiger partial charge in [-0.15, -0.1) is 0 Å². The Morgan fingerprint density at radius 1 is 1.20 bits per heavy atom. The second kappa shape index (κ2) is 3.41. The van der Waals surface area contributed by atoms with E-state index in [9.17, 15) is 0 Å². The summed E-state index contributed by atoms with van der Waals surface area (Å²) in [5, 5.41) is 0. The van der Waals surface area contributed by atoms with Crippen LogP contribution in [0.5, 0.6) is 0 Å². The number of allylic oxidation sites excluding steroid dienone is 5. The van der Waals surface area contributed by atoms with Gasteiger partial charge in [0.05, 0.1) is 0 Å². The summed E-state index contributed by atoms with van der Waals surface area (Å²) < 4.78 is 0. The van der Waals surface area contributed by atoms with Crippen molar-refractivity contribution in [1.82, 2.24) is 4.90 Å². The molecule has 0 saturated heterocycles. The highest BCUT2D eigenvalue weighted by Gasteiger charge is 2.24. The van der Waals surface area contributed by atoms with Crippen LogP contribution in [-0.2, 0) is 0 Å². The first-order valence-electron chi connectivity index (χ1n) is 5.53. The van der Waals surface area contributed by atoms with Crippen molar-refractivity contribution >= 4 is 0 Å². The summed E-state index contributed by atoms with van der Waals surface area (Å²) >= 11 is 0. The smallest absolute Gasteiger partial charge is 0.0441 e. The molecule has 0 aliphatic carbocycles. The molecule has 2 heterocycles. The van der Waals surface area contributed by atoms with Crippen LogP contribution in [0, 0.1) is 5.41 Å². The van der Waals surface area contributed by atoms with E-state index in [0.29, 0.717) is 0 Å². The van der Waals surface area contributed by atoms with E-state index in [4.69, 9.17) is 0 Å². The van der Waals surface area contributed by atoms with Crippen LogP contribution in [0.2, 0.25) is 0 Å². The van der Waals surface area contributed by atoms with Crippen molar-refractivity contribution < 1.29 is 0 Å². The monoisotopic (exact) mass is 201 g/mol. The fourth-order valence-corrected chi connectivity index (χ4v) is 2.33. The van der Waals surface area contributed by atoms with Gasteiger partial charge in [0.1, 0.15) is 0 Å². The highest BCUT2D eigenvalue weighted by atomic mass is 15.1. The Balaban J connectivity index is 2.42. The standard InChI is InChI=1S/C14H19N/c1-11-12(14(2,3)4)8-10-15-9-6-5-7-13(11)15/h5-9H,10H2,1-4H3. The van der Waals surface area contributed by atoms with E-state index in [1.165, 1.54) is 16.8 Å². The van der Waals surface area contributed by atoms with Gasteiger partial charge in [-0.3, -0.25) is 0 Å². The van der Waals surface area contributed by atoms with E-state index in [2.05, 4.69) is 63.1 Å². The van der Waals surface area contributed by atoms with Gasteiger partial charge >= 0.3 is 0 Å². The first-order chi connectivity index (χ1) is 7.00. The van der Waals surface area contributed by atoms with Gasteiger partial charge in [0.15, 0.2) is 0 Å². The van der Waals surface area contributed by atoms with Crippen LogP contribution in [0.15, 0.2) is 47.3 Å². The van der Waals surface area contributed by atoms with E-state index in [1.807, 2.05) is 0 Å². The van der Waals surface area contributed by atoms with E-state index in [-0.39, 0.29) is 5.41 Å². The largest absolute Gasteiger partial charge is 0.344 e. The summed E-state index contributed by atoms with van der Waals surface area (Å²) in [5.41, 5.74) is 4.49. The average Bonchev–Trinajstić information content (AvgIpc) is 2.16. The minimum absolute atomic E-state index is 0.248. The van der Waals surface area contributed by atoms with Gasteiger partial charge in [-0.1, -0.05) is 32.9 Å². The Hall–Kier alpha value is -1.24. The predicted octanol–water partition coefficient (Wildman–Crippen LogP) is 3.63. The minimum atomic E-state index is 0.248. The quantitative estimate of drug-likeness (QED) is 0.578. The zero-order valence-electron chi connectivity index (χ0n) is 10.0. The van der Waals surface area contributed by atoms with Crippen molar-refractivity contribution in [2.24, 2.45) is 5.41 Å². The fourth-order valence-electron chi connectivity index (χ4n) is 2.33. The Morgan fingerprint density at radius 2 is 1.93 bits per heavy atom. The summed E-state index contributed by atoms with van der Waals surface area (Å²) in [6, 6.07) is 0. The van der Waals surface area contributed by atoms with Crippen molar-refractivity contribution in [3.05, 3.63) is 47.3 Å². The van der Waals surface area contributed by atoms with Crippen LogP contribution in [0.25, 0.3) is 0 Å². The maximum Gasteiger partial charge on any atom is 0.0441 e. The molecule has 2 aliphatic rings. The lowest BCUT2D eigenvalue weighted by Gasteiger charge is -2.34. The third kappa shape index (κ3) is 1.79. The molecule has 0 bridgehead atoms. The van der Waals surface area contributed by atoms with E-state index < -0.39 is 0 Å². The molecule has 80 valence electrons. The number of hydrogen-bond acceptors (Lipinski definition) is 1. The Morgan fingerprint density at radius 3 is 2.60 bits per heavy atom. The molecular weight excluding hydrogens is 182 g/mol. The summed E-state index contributed by atoms with van der Waals surface area (Å²) in [7, 11) is 0. The second-order valence-electron chi connectivity index (χ2n) is 5.23. The first kappa shape index (κ1) is 10.3. The van der Waals surface area contributed by atoms with Gasteiger partial charge in [-0.05, 0) is 35.6 Å². The molecule has 0 aromatic rings. The topological polar surface area (TPSA) is 3.24 Å². The van der Waals surface area contributed by atoms with Crippen molar-refractivity contribution in [1.29, 1.82) is 0 Å². The van der Waals surface area contributed by atoms with Gasteiger partial charge in [0.25, 0.3) is 0 Å². The third-order valence-corrected chi connectivity index (χ3v) is 3.03. The van der Waals surface area contributed by atoms with Gasteiger partial charge in [-0.25, -0.2) is 0 Å². The maximum absolute atomic E-state index is 2.35. The van der Waals surface area contributed by atoms with Gasteiger partial charge in [0, 0.05) is 18.4 Å². The highest BCUT2D eigenvalue weighted by Crippen LogP contribution is 2.36. The maximum atomic E-state index is 2.35. The van der Waals surface area contributed by atoms with Crippen molar-refractivity contribution in [2.45, 2.75) is 27.7 Å². The molecule has 0 saturated carbocycles. The van der Waals surface area contributed by atoms with Crippen LogP contribution >= 0.6 is 0 Å². The van der Waals surface area contributed by atoms with Crippen LogP contribution in [0.3, 0.4) is 0 Å². The first-order valence-corrected chi connectivity index (χ1v) is 5.53. The average molecular weight is 201 g/mol. The van der Waals surface area contributed by atoms with E-state index >= 15 is 0 Å². The Labute approximate surface area is 92.5 Å². The molecule has 0 unspecified atom stereocenters. The molecule has 0 atom stereocenters. The molecule has 0 aromatic heterocycles. The van der Waals surface area contributed by atoms with E-state index in [0.717, 1.165) is 6.54 Å². The van der Waals surface area contributed by atoms with Gasteiger partial charge in [-0.2, -0.15) is 0 Å². The van der Waals surface area contributed by atoms with E-state index in [1.54, 1.807) is 0 Å². The molecule has 0 spiro atoms. The van der Waals surface area contributed by atoms with Crippen molar-refractivity contribution in [3.8, 4) is 0 Å². The molecule has 0 aromatic carbocycles. The number of hydrogen-bond donors (Lipinski definition) is 0. The number of fused-ring (bicyclic) bond motifs is 1. The lowest BCUT2D eigenvalue weighted by Crippen LogP contribution is -2.26. The molecule has 0 fully saturated rings. The molecular formula is C14H19N. The summed E-state index contributed by atoms with van der Waals surface area (Å²) in [6.07, 6.45) is 10.9. The normalized spacial score (nSPS) is 20.5. The second-order valence-corrected chi connectivity index (χ2v) is 5.23. The van der Waals surface area contributed by atoms with Crippen molar-refractivity contribution in [3.63, 3.8) is 0 Å². The van der Waals surface area contributed by atoms with Gasteiger partial charge < -0.3 is 4.90 Å². The SMILES string of the molecule is CC1=C2C=CC=CN2CC=C1C(C)(C)C. The lowest BCUT2D eigenvalue weighted by atomic mass is 9.80. The third-order valence-electron chi connectivity index (χ3n) is 3.03. The summed E-state index contributed by atoms with van der Waals surface area (Å²) in [5.74, 6) is 0. The molecule has 0 N–H and O–H groups in total. The molecule has 15 heavy (non-hydrogen) atoms. The number of rotatable bonds is 0. The zero-order chi connectivity index (χ0) is 11.1. The fraction of sp³-hybridized carbons (Fsp3) is 0.429. The van der Waals surface area contributed by atoms with Gasteiger partial charge in [0.2, 0.25) is 0 Å². The van der Waals surface area contributed by atoms with Crippen LogP contribution < -0.4 is 0 Å².